The van der Waals surface area contributed by atoms with Crippen LogP contribution < -0.4 is 5.73 Å². The molecule has 0 bridgehead atoms. The molecule has 0 aromatic heterocycles. The zero-order valence-electron chi connectivity index (χ0n) is 10.9. The van der Waals surface area contributed by atoms with Gasteiger partial charge >= 0.3 is 0 Å². The molecule has 0 aliphatic heterocycles. The first-order valence-electron chi connectivity index (χ1n) is 6.02. The van der Waals surface area contributed by atoms with Crippen LogP contribution in [0.1, 0.15) is 29.2 Å². The Labute approximate surface area is 112 Å². The van der Waals surface area contributed by atoms with Gasteiger partial charge in [0.05, 0.1) is 11.1 Å². The van der Waals surface area contributed by atoms with Crippen LogP contribution in [0.25, 0.3) is 0 Å². The maximum atomic E-state index is 13.7. The van der Waals surface area contributed by atoms with Crippen molar-refractivity contribution in [2.75, 3.05) is 0 Å². The van der Waals surface area contributed by atoms with Gasteiger partial charge in [0.1, 0.15) is 11.9 Å². The van der Waals surface area contributed by atoms with Crippen molar-refractivity contribution >= 4 is 0 Å². The molecular weight excluding hydrogens is 239 g/mol. The fourth-order valence-corrected chi connectivity index (χ4v) is 2.24. The lowest BCUT2D eigenvalue weighted by Crippen LogP contribution is -2.35. The largest absolute Gasteiger partial charge is 0.318 e. The second-order valence-corrected chi connectivity index (χ2v) is 4.82. The molecule has 2 nitrogen and oxygen atoms in total. The van der Waals surface area contributed by atoms with Gasteiger partial charge in [-0.15, -0.1) is 0 Å². The van der Waals surface area contributed by atoms with E-state index < -0.39 is 11.4 Å². The minimum atomic E-state index is -0.791. The summed E-state index contributed by atoms with van der Waals surface area (Å²) < 4.78 is 13.7. The first-order valence-corrected chi connectivity index (χ1v) is 6.02. The number of rotatable bonds is 2. The summed E-state index contributed by atoms with van der Waals surface area (Å²) in [7, 11) is 0. The Bertz CT molecular complexity index is 654. The maximum Gasteiger partial charge on any atom is 0.141 e. The molecule has 0 radical (unpaired) electrons. The molecule has 3 heteroatoms. The average Bonchev–Trinajstić information content (AvgIpc) is 2.39. The molecule has 19 heavy (non-hydrogen) atoms. The molecule has 0 spiro atoms. The van der Waals surface area contributed by atoms with Crippen molar-refractivity contribution in [1.29, 1.82) is 5.26 Å². The Kier molecular flexibility index (Phi) is 3.37. The van der Waals surface area contributed by atoms with Gasteiger partial charge < -0.3 is 5.73 Å². The summed E-state index contributed by atoms with van der Waals surface area (Å²) in [6.45, 7) is 3.82. The fourth-order valence-electron chi connectivity index (χ4n) is 2.24. The van der Waals surface area contributed by atoms with Crippen molar-refractivity contribution in [2.45, 2.75) is 19.4 Å². The number of nitrogens with two attached hydrogens (primary N) is 1. The van der Waals surface area contributed by atoms with Gasteiger partial charge in [0.2, 0.25) is 0 Å². The van der Waals surface area contributed by atoms with Crippen LogP contribution in [0.3, 0.4) is 0 Å². The van der Waals surface area contributed by atoms with Gasteiger partial charge in [-0.1, -0.05) is 30.3 Å². The van der Waals surface area contributed by atoms with Crippen LogP contribution in [0.2, 0.25) is 0 Å². The number of nitriles is 1. The van der Waals surface area contributed by atoms with Gasteiger partial charge in [-0.05, 0) is 42.7 Å². The molecule has 96 valence electrons. The van der Waals surface area contributed by atoms with E-state index in [0.717, 1.165) is 11.1 Å². The van der Waals surface area contributed by atoms with Gasteiger partial charge in [-0.25, -0.2) is 4.39 Å². The molecule has 1 unspecified atom stereocenters. The molecule has 0 saturated heterocycles. The lowest BCUT2D eigenvalue weighted by atomic mass is 9.83. The highest BCUT2D eigenvalue weighted by Crippen LogP contribution is 2.29. The first kappa shape index (κ1) is 13.3. The van der Waals surface area contributed by atoms with Crippen molar-refractivity contribution in [2.24, 2.45) is 5.73 Å². The highest BCUT2D eigenvalue weighted by molar-refractivity contribution is 5.44. The third kappa shape index (κ3) is 2.35. The third-order valence-corrected chi connectivity index (χ3v) is 3.39. The molecule has 0 aliphatic rings. The fraction of sp³-hybridized carbons (Fsp3) is 0.188. The topological polar surface area (TPSA) is 49.8 Å². The van der Waals surface area contributed by atoms with Crippen LogP contribution in [0.4, 0.5) is 4.39 Å². The standard InChI is InChI=1S/C16H15FN2/c1-11-5-3-4-6-14(11)16(2,19)13-8-7-12(10-18)15(17)9-13/h3-9H,19H2,1-2H3. The summed E-state index contributed by atoms with van der Waals surface area (Å²) in [6.07, 6.45) is 0. The number of halogens is 1. The molecule has 0 aliphatic carbocycles. The summed E-state index contributed by atoms with van der Waals surface area (Å²) in [4.78, 5) is 0. The van der Waals surface area contributed by atoms with Crippen LogP contribution in [-0.2, 0) is 5.54 Å². The Hall–Kier alpha value is -2.18. The van der Waals surface area contributed by atoms with E-state index in [1.165, 1.54) is 12.1 Å². The van der Waals surface area contributed by atoms with E-state index in [4.69, 9.17) is 11.0 Å². The summed E-state index contributed by atoms with van der Waals surface area (Å²) >= 11 is 0. The van der Waals surface area contributed by atoms with E-state index >= 15 is 0 Å². The van der Waals surface area contributed by atoms with Gasteiger partial charge in [-0.3, -0.25) is 0 Å². The molecule has 2 rings (SSSR count). The first-order chi connectivity index (χ1) is 8.96. The molecule has 2 N–H and O–H groups in total. The minimum Gasteiger partial charge on any atom is -0.318 e. The zero-order chi connectivity index (χ0) is 14.0. The average molecular weight is 254 g/mol. The number of aryl methyl sites for hydroxylation is 1. The Morgan fingerprint density at radius 3 is 2.47 bits per heavy atom. The SMILES string of the molecule is Cc1ccccc1C(C)(N)c1ccc(C#N)c(F)c1. The second-order valence-electron chi connectivity index (χ2n) is 4.82. The highest BCUT2D eigenvalue weighted by atomic mass is 19.1. The molecule has 1 atom stereocenters. The van der Waals surface area contributed by atoms with Crippen molar-refractivity contribution < 1.29 is 4.39 Å². The predicted octanol–water partition coefficient (Wildman–Crippen LogP) is 3.23. The van der Waals surface area contributed by atoms with Crippen LogP contribution >= 0.6 is 0 Å². The van der Waals surface area contributed by atoms with Crippen molar-refractivity contribution in [3.8, 4) is 6.07 Å². The van der Waals surface area contributed by atoms with E-state index in [1.54, 1.807) is 6.07 Å². The number of nitrogens with zero attached hydrogens (tertiary/aromatic N) is 1. The van der Waals surface area contributed by atoms with Crippen LogP contribution in [0.5, 0.6) is 0 Å². The smallest absolute Gasteiger partial charge is 0.141 e. The monoisotopic (exact) mass is 254 g/mol. The summed E-state index contributed by atoms with van der Waals surface area (Å²) in [5.41, 5.74) is 8.26. The van der Waals surface area contributed by atoms with Crippen molar-refractivity contribution in [1.82, 2.24) is 0 Å². The van der Waals surface area contributed by atoms with Gasteiger partial charge in [0, 0.05) is 0 Å². The van der Waals surface area contributed by atoms with Crippen molar-refractivity contribution in [3.63, 3.8) is 0 Å². The molecule has 0 heterocycles. The van der Waals surface area contributed by atoms with Gasteiger partial charge in [0.25, 0.3) is 0 Å². The molecule has 0 amide bonds. The lowest BCUT2D eigenvalue weighted by molar-refractivity contribution is 0.577. The Morgan fingerprint density at radius 2 is 1.89 bits per heavy atom. The maximum absolute atomic E-state index is 13.7. The summed E-state index contributed by atoms with van der Waals surface area (Å²) in [5.74, 6) is -0.537. The van der Waals surface area contributed by atoms with Gasteiger partial charge in [0.15, 0.2) is 0 Å². The van der Waals surface area contributed by atoms with Gasteiger partial charge in [-0.2, -0.15) is 5.26 Å². The third-order valence-electron chi connectivity index (χ3n) is 3.39. The number of benzene rings is 2. The summed E-state index contributed by atoms with van der Waals surface area (Å²) in [6, 6.07) is 14.1. The predicted molar refractivity (Wildman–Crippen MR) is 72.9 cm³/mol. The van der Waals surface area contributed by atoms with Crippen LogP contribution in [-0.4, -0.2) is 0 Å². The summed E-state index contributed by atoms with van der Waals surface area (Å²) in [5, 5.41) is 8.75. The zero-order valence-corrected chi connectivity index (χ0v) is 10.9. The van der Waals surface area contributed by atoms with E-state index in [1.807, 2.05) is 44.2 Å². The normalized spacial score (nSPS) is 13.6. The van der Waals surface area contributed by atoms with Crippen LogP contribution in [0, 0.1) is 24.1 Å². The Balaban J connectivity index is 2.54. The van der Waals surface area contributed by atoms with Crippen molar-refractivity contribution in [3.05, 3.63) is 70.5 Å². The second kappa shape index (κ2) is 4.83. The molecule has 2 aromatic rings. The minimum absolute atomic E-state index is 0.0318. The molecule has 0 fully saturated rings. The van der Waals surface area contributed by atoms with E-state index in [9.17, 15) is 4.39 Å². The molecular formula is C16H15FN2. The van der Waals surface area contributed by atoms with E-state index in [-0.39, 0.29) is 5.56 Å². The van der Waals surface area contributed by atoms with E-state index in [0.29, 0.717) is 5.56 Å². The lowest BCUT2D eigenvalue weighted by Gasteiger charge is -2.27. The van der Waals surface area contributed by atoms with Crippen LogP contribution in [0.15, 0.2) is 42.5 Å². The number of hydrogen-bond donors (Lipinski definition) is 1. The molecule has 0 saturated carbocycles. The molecule has 2 aromatic carbocycles. The Morgan fingerprint density at radius 1 is 1.21 bits per heavy atom. The highest BCUT2D eigenvalue weighted by Gasteiger charge is 2.26. The number of hydrogen-bond acceptors (Lipinski definition) is 2. The quantitative estimate of drug-likeness (QED) is 0.894. The van der Waals surface area contributed by atoms with E-state index in [2.05, 4.69) is 0 Å².